The molecule has 2 aromatic rings. The van der Waals surface area contributed by atoms with Crippen LogP contribution in [0.5, 0.6) is 0 Å². The van der Waals surface area contributed by atoms with Crippen LogP contribution >= 0.6 is 11.6 Å². The fourth-order valence-electron chi connectivity index (χ4n) is 1.87. The van der Waals surface area contributed by atoms with E-state index in [4.69, 9.17) is 17.3 Å². The number of hydrogen-bond acceptors (Lipinski definition) is 3. The molecule has 0 aliphatic rings. The van der Waals surface area contributed by atoms with Gasteiger partial charge in [-0.3, -0.25) is 0 Å². The first-order valence-electron chi connectivity index (χ1n) is 6.14. The quantitative estimate of drug-likeness (QED) is 0.933. The van der Waals surface area contributed by atoms with Crippen LogP contribution in [0.25, 0.3) is 0 Å². The van der Waals surface area contributed by atoms with Gasteiger partial charge < -0.3 is 5.73 Å². The maximum Gasteiger partial charge on any atom is 0.135 e. The molecule has 0 aliphatic carbocycles. The van der Waals surface area contributed by atoms with Crippen LogP contribution < -0.4 is 5.73 Å². The van der Waals surface area contributed by atoms with Crippen molar-refractivity contribution in [2.24, 2.45) is 0 Å². The molecule has 0 fully saturated rings. The van der Waals surface area contributed by atoms with Crippen molar-refractivity contribution in [2.45, 2.75) is 26.2 Å². The summed E-state index contributed by atoms with van der Waals surface area (Å²) in [5, 5.41) is 0.378. The normalized spacial score (nSPS) is 10.7. The third-order valence-corrected chi connectivity index (χ3v) is 3.07. The Balaban J connectivity index is 2.27. The van der Waals surface area contributed by atoms with Gasteiger partial charge in [-0.1, -0.05) is 31.0 Å². The number of halogens is 2. The molecule has 0 saturated carbocycles. The van der Waals surface area contributed by atoms with E-state index in [1.165, 1.54) is 12.1 Å². The summed E-state index contributed by atoms with van der Waals surface area (Å²) in [6.45, 7) is 2.08. The lowest BCUT2D eigenvalue weighted by Crippen LogP contribution is -2.04. The topological polar surface area (TPSA) is 51.8 Å². The van der Waals surface area contributed by atoms with E-state index in [1.807, 2.05) is 0 Å². The molecule has 0 amide bonds. The average molecular weight is 280 g/mol. The van der Waals surface area contributed by atoms with Gasteiger partial charge in [0.25, 0.3) is 0 Å². The third kappa shape index (κ3) is 3.64. The predicted octanol–water partition coefficient (Wildman–Crippen LogP) is 3.39. The van der Waals surface area contributed by atoms with Gasteiger partial charge in [0.05, 0.1) is 0 Å². The molecule has 0 radical (unpaired) electrons. The highest BCUT2D eigenvalue weighted by atomic mass is 35.5. The van der Waals surface area contributed by atoms with Gasteiger partial charge in [-0.05, 0) is 24.1 Å². The molecule has 1 heterocycles. The minimum Gasteiger partial charge on any atom is -0.384 e. The van der Waals surface area contributed by atoms with Crippen LogP contribution in [0.3, 0.4) is 0 Å². The maximum atomic E-state index is 13.0. The van der Waals surface area contributed by atoms with Crippen LogP contribution in [0.15, 0.2) is 24.3 Å². The summed E-state index contributed by atoms with van der Waals surface area (Å²) in [5.74, 6) is 0.706. The first-order chi connectivity index (χ1) is 9.08. The summed E-state index contributed by atoms with van der Waals surface area (Å²) in [6.07, 6.45) is 2.30. The standard InChI is InChI=1S/C14H15ClFN3/c1-2-3-11-8-13(17)19-14(18-11)6-9-4-5-10(16)7-12(9)15/h4-5,7-8H,2-3,6H2,1H3,(H2,17,18,19). The monoisotopic (exact) mass is 279 g/mol. The molecule has 0 aliphatic heterocycles. The Hall–Kier alpha value is -1.68. The number of anilines is 1. The number of nitrogens with zero attached hydrogens (tertiary/aromatic N) is 2. The van der Waals surface area contributed by atoms with E-state index in [0.717, 1.165) is 24.1 Å². The lowest BCUT2D eigenvalue weighted by Gasteiger charge is -2.06. The number of aryl methyl sites for hydroxylation is 1. The van der Waals surface area contributed by atoms with Crippen molar-refractivity contribution >= 4 is 17.4 Å². The second-order valence-electron chi connectivity index (χ2n) is 4.36. The molecule has 2 N–H and O–H groups in total. The van der Waals surface area contributed by atoms with E-state index in [-0.39, 0.29) is 5.82 Å². The molecule has 19 heavy (non-hydrogen) atoms. The van der Waals surface area contributed by atoms with E-state index in [1.54, 1.807) is 12.1 Å². The van der Waals surface area contributed by atoms with E-state index < -0.39 is 0 Å². The fraction of sp³-hybridized carbons (Fsp3) is 0.286. The molecule has 0 bridgehead atoms. The van der Waals surface area contributed by atoms with Crippen LogP contribution in [0.4, 0.5) is 10.2 Å². The molecule has 1 aromatic carbocycles. The highest BCUT2D eigenvalue weighted by Gasteiger charge is 2.07. The second-order valence-corrected chi connectivity index (χ2v) is 4.77. The largest absolute Gasteiger partial charge is 0.384 e. The van der Waals surface area contributed by atoms with Crippen molar-refractivity contribution in [2.75, 3.05) is 5.73 Å². The van der Waals surface area contributed by atoms with Crippen LogP contribution in [0.2, 0.25) is 5.02 Å². The van der Waals surface area contributed by atoms with Gasteiger partial charge in [0.2, 0.25) is 0 Å². The number of rotatable bonds is 4. The van der Waals surface area contributed by atoms with Crippen molar-refractivity contribution in [3.8, 4) is 0 Å². The SMILES string of the molecule is CCCc1cc(N)nc(Cc2ccc(F)cc2Cl)n1. The first-order valence-corrected chi connectivity index (χ1v) is 6.52. The summed E-state index contributed by atoms with van der Waals surface area (Å²) in [4.78, 5) is 8.63. The van der Waals surface area contributed by atoms with E-state index in [2.05, 4.69) is 16.9 Å². The molecule has 100 valence electrons. The molecule has 5 heteroatoms. The van der Waals surface area contributed by atoms with Gasteiger partial charge in [0.15, 0.2) is 0 Å². The summed E-state index contributed by atoms with van der Waals surface area (Å²) >= 11 is 5.99. The summed E-state index contributed by atoms with van der Waals surface area (Å²) in [7, 11) is 0. The zero-order chi connectivity index (χ0) is 13.8. The van der Waals surface area contributed by atoms with Crippen LogP contribution in [0, 0.1) is 5.82 Å². The van der Waals surface area contributed by atoms with Gasteiger partial charge in [-0.15, -0.1) is 0 Å². The van der Waals surface area contributed by atoms with Crippen LogP contribution in [0.1, 0.15) is 30.4 Å². The first kappa shape index (κ1) is 13.7. The summed E-state index contributed by atoms with van der Waals surface area (Å²) < 4.78 is 13.0. The molecule has 1 aromatic heterocycles. The maximum absolute atomic E-state index is 13.0. The number of aromatic nitrogens is 2. The highest BCUT2D eigenvalue weighted by Crippen LogP contribution is 2.20. The Labute approximate surface area is 116 Å². The zero-order valence-electron chi connectivity index (χ0n) is 10.7. The molecule has 0 atom stereocenters. The van der Waals surface area contributed by atoms with Crippen molar-refractivity contribution in [1.29, 1.82) is 0 Å². The van der Waals surface area contributed by atoms with Gasteiger partial charge >= 0.3 is 0 Å². The number of benzene rings is 1. The van der Waals surface area contributed by atoms with Crippen molar-refractivity contribution < 1.29 is 4.39 Å². The minimum atomic E-state index is -0.353. The third-order valence-electron chi connectivity index (χ3n) is 2.72. The Morgan fingerprint density at radius 3 is 2.74 bits per heavy atom. The smallest absolute Gasteiger partial charge is 0.135 e. The van der Waals surface area contributed by atoms with E-state index in [0.29, 0.717) is 23.1 Å². The highest BCUT2D eigenvalue weighted by molar-refractivity contribution is 6.31. The van der Waals surface area contributed by atoms with Crippen molar-refractivity contribution in [3.63, 3.8) is 0 Å². The molecule has 2 rings (SSSR count). The fourth-order valence-corrected chi connectivity index (χ4v) is 2.11. The predicted molar refractivity (Wildman–Crippen MR) is 74.7 cm³/mol. The summed E-state index contributed by atoms with van der Waals surface area (Å²) in [5.41, 5.74) is 7.47. The lowest BCUT2D eigenvalue weighted by molar-refractivity contribution is 0.627. The van der Waals surface area contributed by atoms with Crippen LogP contribution in [-0.4, -0.2) is 9.97 Å². The average Bonchev–Trinajstić information content (AvgIpc) is 2.32. The Morgan fingerprint density at radius 2 is 2.05 bits per heavy atom. The molecule has 0 unspecified atom stereocenters. The number of hydrogen-bond donors (Lipinski definition) is 1. The van der Waals surface area contributed by atoms with Gasteiger partial charge in [0.1, 0.15) is 17.5 Å². The molecule has 3 nitrogen and oxygen atoms in total. The van der Waals surface area contributed by atoms with Crippen molar-refractivity contribution in [3.05, 3.63) is 52.2 Å². The van der Waals surface area contributed by atoms with Gasteiger partial charge in [-0.2, -0.15) is 0 Å². The van der Waals surface area contributed by atoms with Crippen molar-refractivity contribution in [1.82, 2.24) is 9.97 Å². The molecular formula is C14H15ClFN3. The van der Waals surface area contributed by atoms with Crippen LogP contribution in [-0.2, 0) is 12.8 Å². The lowest BCUT2D eigenvalue weighted by atomic mass is 10.1. The Kier molecular flexibility index (Phi) is 4.32. The van der Waals surface area contributed by atoms with Gasteiger partial charge in [-0.25, -0.2) is 14.4 Å². The van der Waals surface area contributed by atoms with E-state index in [9.17, 15) is 4.39 Å². The Bertz CT molecular complexity index is 587. The number of nitrogens with two attached hydrogens (primary N) is 1. The zero-order valence-corrected chi connectivity index (χ0v) is 11.4. The Morgan fingerprint density at radius 1 is 1.26 bits per heavy atom. The minimum absolute atomic E-state index is 0.353. The molecule has 0 saturated heterocycles. The number of nitrogen functional groups attached to an aromatic ring is 1. The van der Waals surface area contributed by atoms with Gasteiger partial charge in [0, 0.05) is 23.2 Å². The molecule has 0 spiro atoms. The van der Waals surface area contributed by atoms with E-state index >= 15 is 0 Å². The summed E-state index contributed by atoms with van der Waals surface area (Å²) in [6, 6.07) is 6.08. The molecular weight excluding hydrogens is 265 g/mol. The second kappa shape index (κ2) is 5.97.